The molecule has 1 aromatic heterocycles. The number of fused-ring (bicyclic) bond motifs is 2. The molecule has 14 heteroatoms. The fraction of sp³-hybridized carbons (Fsp3) is 0.535. The topological polar surface area (TPSA) is 192 Å². The lowest BCUT2D eigenvalue weighted by Gasteiger charge is -2.62. The van der Waals surface area contributed by atoms with E-state index in [1.807, 2.05) is 43.7 Å². The number of aliphatic hydroxyl groups excluding tert-OH is 2. The lowest BCUT2D eigenvalue weighted by molar-refractivity contribution is -0.156. The van der Waals surface area contributed by atoms with Crippen LogP contribution in [0.15, 0.2) is 74.1 Å². The molecule has 302 valence electrons. The molecular formula is C43H54N8O6. The first-order valence-electron chi connectivity index (χ1n) is 19.9. The number of ether oxygens (including phenoxy) is 1. The quantitative estimate of drug-likeness (QED) is 0.154. The normalized spacial score (nSPS) is 30.6. The number of aryl methyl sites for hydroxylation is 1. The van der Waals surface area contributed by atoms with Gasteiger partial charge >= 0.3 is 5.97 Å². The number of carbonyl (C=O) groups excluding carboxylic acids is 3. The maximum absolute atomic E-state index is 13.9. The van der Waals surface area contributed by atoms with Gasteiger partial charge in [-0.05, 0) is 86.6 Å². The minimum Gasteiger partial charge on any atom is -0.423 e. The number of amidine groups is 2. The molecule has 0 bridgehead atoms. The molecule has 0 saturated heterocycles. The lowest BCUT2D eigenvalue weighted by atomic mass is 9.45. The molecule has 14 nitrogen and oxygen atoms in total. The highest BCUT2D eigenvalue weighted by atomic mass is 16.5. The van der Waals surface area contributed by atoms with Crippen LogP contribution < -0.4 is 10.6 Å². The number of Topliss-reactive ketones (excluding diaryl/α,β-unsaturated/α-hetero) is 2. The Balaban J connectivity index is 1.23. The average Bonchev–Trinajstić information content (AvgIpc) is 4.02. The van der Waals surface area contributed by atoms with E-state index in [0.29, 0.717) is 61.8 Å². The number of hydrogen-bond acceptors (Lipinski definition) is 13. The maximum Gasteiger partial charge on any atom is 0.341 e. The Morgan fingerprint density at radius 1 is 1.09 bits per heavy atom. The first-order chi connectivity index (χ1) is 27.2. The van der Waals surface area contributed by atoms with Gasteiger partial charge in [-0.2, -0.15) is 0 Å². The van der Waals surface area contributed by atoms with Crippen molar-refractivity contribution < 1.29 is 29.3 Å². The molecular weight excluding hydrogens is 725 g/mol. The van der Waals surface area contributed by atoms with Gasteiger partial charge in [0.1, 0.15) is 17.4 Å². The largest absolute Gasteiger partial charge is 0.423 e. The summed E-state index contributed by atoms with van der Waals surface area (Å²) in [7, 11) is 1.93. The maximum atomic E-state index is 13.9. The molecule has 3 aliphatic heterocycles. The number of aliphatic imine (C=N–C) groups is 4. The number of hydrogen-bond donors (Lipinski definition) is 4. The highest BCUT2D eigenvalue weighted by Crippen LogP contribution is 2.62. The standard InChI is InChI=1S/C43H54N8O6/c1-24-30(42(4)10-9-38(55)43(5,22-52)37(42)19-31(24)49-25(2)35(53)20-39-44-11-12-45-39)18-32(50-26(3)36(54)21-40-46-13-14-47-40)29-17-28(57-41(29)56)15-27-7-8-34-33(16-27)48-23-51(34)6/h7-8,11,13,15-17,23,25-26,30-32,37-38,49-50,52,55H,1,9-10,12,14,18-22H2,2-6H3/b28-15+/t25?,26?,30?,31?,32?,37?,38-,42-,43+/m1/s1. The van der Waals surface area contributed by atoms with Gasteiger partial charge in [0.15, 0.2) is 11.6 Å². The highest BCUT2D eigenvalue weighted by Gasteiger charge is 2.60. The summed E-state index contributed by atoms with van der Waals surface area (Å²) >= 11 is 0. The summed E-state index contributed by atoms with van der Waals surface area (Å²) in [6, 6.07) is 3.61. The second-order valence-corrected chi connectivity index (χ2v) is 16.8. The van der Waals surface area contributed by atoms with E-state index < -0.39 is 41.0 Å². The van der Waals surface area contributed by atoms with Crippen molar-refractivity contribution in [3.8, 4) is 0 Å². The molecule has 2 aromatic rings. The van der Waals surface area contributed by atoms with Crippen molar-refractivity contribution in [3.63, 3.8) is 0 Å². The molecule has 4 N–H and O–H groups in total. The van der Waals surface area contributed by atoms with E-state index in [9.17, 15) is 24.6 Å². The number of rotatable bonds is 15. The number of ketones is 2. The van der Waals surface area contributed by atoms with Crippen molar-refractivity contribution in [1.82, 2.24) is 20.2 Å². The third-order valence-electron chi connectivity index (χ3n) is 13.2. The predicted octanol–water partition coefficient (Wildman–Crippen LogP) is 3.72. The van der Waals surface area contributed by atoms with Gasteiger partial charge in [0.2, 0.25) is 0 Å². The van der Waals surface area contributed by atoms with E-state index in [1.54, 1.807) is 37.8 Å². The second kappa shape index (κ2) is 16.2. The van der Waals surface area contributed by atoms with Crippen molar-refractivity contribution in [2.75, 3.05) is 19.7 Å². The third kappa shape index (κ3) is 8.05. The van der Waals surface area contributed by atoms with Crippen LogP contribution in [0.2, 0.25) is 0 Å². The van der Waals surface area contributed by atoms with Gasteiger partial charge in [-0.1, -0.05) is 32.1 Å². The Kier molecular flexibility index (Phi) is 11.5. The van der Waals surface area contributed by atoms with Gasteiger partial charge < -0.3 is 30.2 Å². The molecule has 7 rings (SSSR count). The molecule has 0 amide bonds. The van der Waals surface area contributed by atoms with Gasteiger partial charge in [-0.3, -0.25) is 19.6 Å². The van der Waals surface area contributed by atoms with Gasteiger partial charge in [-0.25, -0.2) is 19.8 Å². The van der Waals surface area contributed by atoms with Crippen LogP contribution in [-0.4, -0.2) is 111 Å². The average molecular weight is 779 g/mol. The zero-order valence-electron chi connectivity index (χ0n) is 33.4. The van der Waals surface area contributed by atoms with Gasteiger partial charge in [0.25, 0.3) is 0 Å². The molecule has 9 atom stereocenters. The van der Waals surface area contributed by atoms with Gasteiger partial charge in [0.05, 0.1) is 73.7 Å². The zero-order valence-corrected chi connectivity index (χ0v) is 33.4. The first-order valence-corrected chi connectivity index (χ1v) is 19.9. The Morgan fingerprint density at radius 2 is 1.77 bits per heavy atom. The number of benzene rings is 1. The second-order valence-electron chi connectivity index (χ2n) is 16.8. The summed E-state index contributed by atoms with van der Waals surface area (Å²) in [5.74, 6) is 0.216. The summed E-state index contributed by atoms with van der Waals surface area (Å²) in [6.07, 6.45) is 10.1. The molecule has 2 saturated carbocycles. The molecule has 6 unspecified atom stereocenters. The summed E-state index contributed by atoms with van der Waals surface area (Å²) < 4.78 is 7.81. The molecule has 2 aliphatic carbocycles. The molecule has 1 aromatic carbocycles. The van der Waals surface area contributed by atoms with Crippen LogP contribution in [0.25, 0.3) is 17.1 Å². The van der Waals surface area contributed by atoms with Crippen molar-refractivity contribution in [2.24, 2.45) is 49.7 Å². The van der Waals surface area contributed by atoms with E-state index in [0.717, 1.165) is 22.2 Å². The molecule has 4 heterocycles. The monoisotopic (exact) mass is 778 g/mol. The van der Waals surface area contributed by atoms with E-state index in [1.165, 1.54) is 0 Å². The summed E-state index contributed by atoms with van der Waals surface area (Å²) in [5.41, 5.74) is 2.55. The molecule has 0 radical (unpaired) electrons. The zero-order chi connectivity index (χ0) is 40.6. The van der Waals surface area contributed by atoms with Gasteiger partial charge in [-0.15, -0.1) is 0 Å². The van der Waals surface area contributed by atoms with E-state index in [4.69, 9.17) is 4.74 Å². The van der Waals surface area contributed by atoms with Gasteiger partial charge in [0, 0.05) is 37.0 Å². The van der Waals surface area contributed by atoms with Crippen LogP contribution in [0.5, 0.6) is 0 Å². The number of aliphatic hydroxyl groups is 2. The number of nitrogens with zero attached hydrogens (tertiary/aromatic N) is 6. The number of imidazole rings is 1. The molecule has 57 heavy (non-hydrogen) atoms. The van der Waals surface area contributed by atoms with Crippen LogP contribution in [-0.2, 0) is 26.2 Å². The Hall–Kier alpha value is -4.76. The van der Waals surface area contributed by atoms with Crippen molar-refractivity contribution in [2.45, 2.75) is 96.5 Å². The number of esters is 1. The first kappa shape index (κ1) is 40.4. The summed E-state index contributed by atoms with van der Waals surface area (Å²) in [6.45, 7) is 13.1. The third-order valence-corrected chi connectivity index (χ3v) is 13.2. The van der Waals surface area contributed by atoms with E-state index >= 15 is 0 Å². The molecule has 0 spiro atoms. The van der Waals surface area contributed by atoms with E-state index in [2.05, 4.69) is 49.1 Å². The van der Waals surface area contributed by atoms with Crippen molar-refractivity contribution in [3.05, 3.63) is 59.7 Å². The minimum atomic E-state index is -0.836. The van der Waals surface area contributed by atoms with Crippen LogP contribution in [0.4, 0.5) is 0 Å². The fourth-order valence-electron chi connectivity index (χ4n) is 9.68. The number of allylic oxidation sites excluding steroid dienone is 1. The minimum absolute atomic E-state index is 0.0532. The molecule has 5 aliphatic rings. The van der Waals surface area contributed by atoms with Crippen LogP contribution >= 0.6 is 0 Å². The summed E-state index contributed by atoms with van der Waals surface area (Å²) in [5, 5.41) is 29.4. The number of carbonyl (C=O) groups is 3. The highest BCUT2D eigenvalue weighted by molar-refractivity contribution is 6.08. The van der Waals surface area contributed by atoms with E-state index in [-0.39, 0.29) is 48.9 Å². The van der Waals surface area contributed by atoms with Crippen molar-refractivity contribution >= 4 is 58.7 Å². The lowest BCUT2D eigenvalue weighted by Crippen LogP contribution is -2.62. The fourth-order valence-corrected chi connectivity index (χ4v) is 9.68. The number of nitrogens with one attached hydrogen (secondary N) is 2. The SMILES string of the molecule is C=C1C(NC(C)C(=O)CC2=NCC=N2)CC2[C@](C)(CC[C@@H](O)[C@@]2(C)CO)C1CC(NC(C)C(=O)CC1=NCC=N1)C1=C/C(=C\c2ccc3c(c2)ncn3C)OC1=O. The van der Waals surface area contributed by atoms with Crippen molar-refractivity contribution in [1.29, 1.82) is 0 Å². The number of aromatic nitrogens is 2. The van der Waals surface area contributed by atoms with Crippen LogP contribution in [0.3, 0.4) is 0 Å². The summed E-state index contributed by atoms with van der Waals surface area (Å²) in [4.78, 5) is 62.4. The molecule has 2 fully saturated rings. The number of cyclic esters (lactones) is 1. The Morgan fingerprint density at radius 3 is 2.42 bits per heavy atom. The predicted molar refractivity (Wildman–Crippen MR) is 220 cm³/mol. The van der Waals surface area contributed by atoms with Crippen LogP contribution in [0, 0.1) is 22.7 Å². The Labute approximate surface area is 333 Å². The van der Waals surface area contributed by atoms with Crippen LogP contribution in [0.1, 0.15) is 71.8 Å². The smallest absolute Gasteiger partial charge is 0.341 e. The Bertz CT molecular complexity index is 2150.